The monoisotopic (exact) mass is 970 g/mol. The van der Waals surface area contributed by atoms with E-state index in [4.69, 9.17) is 32.5 Å². The van der Waals surface area contributed by atoms with Gasteiger partial charge in [-0.2, -0.15) is 0 Å². The minimum atomic E-state index is -1.37. The van der Waals surface area contributed by atoms with Gasteiger partial charge in [0.2, 0.25) is 0 Å². The number of nitrogens with two attached hydrogens (primary N) is 3. The van der Waals surface area contributed by atoms with E-state index in [0.29, 0.717) is 0 Å². The van der Waals surface area contributed by atoms with E-state index in [-0.39, 0.29) is 16.7 Å². The molecule has 402 valence electrons. The zero-order valence-corrected chi connectivity index (χ0v) is 45.2. The molecule has 0 radical (unpaired) electrons. The lowest BCUT2D eigenvalue weighted by atomic mass is 9.80. The Labute approximate surface area is 424 Å². The molecule has 1 aromatic carbocycles. The lowest BCUT2D eigenvalue weighted by Crippen LogP contribution is -2.12. The maximum absolute atomic E-state index is 10.6. The normalized spacial score (nSPS) is 21.1. The summed E-state index contributed by atoms with van der Waals surface area (Å²) in [6.45, 7) is 9.88. The largest absolute Gasteiger partial charge is 0.478 e. The number of aromatic carboxylic acids is 3. The average molecular weight is 971 g/mol. The Bertz CT molecular complexity index is 1190. The minimum absolute atomic E-state index is 0.368. The molecule has 3 saturated carbocycles. The summed E-state index contributed by atoms with van der Waals surface area (Å²) in [5.74, 6) is 2.13. The Balaban J connectivity index is 0.000000461. The molecule has 9 heteroatoms. The summed E-state index contributed by atoms with van der Waals surface area (Å²) in [5.41, 5.74) is 15.4. The van der Waals surface area contributed by atoms with Crippen molar-refractivity contribution in [2.45, 2.75) is 271 Å². The van der Waals surface area contributed by atoms with Crippen molar-refractivity contribution in [1.82, 2.24) is 0 Å². The summed E-state index contributed by atoms with van der Waals surface area (Å²) in [6.07, 6.45) is 56.4. The number of hydrogen-bond donors (Lipinski definition) is 6. The fourth-order valence-corrected chi connectivity index (χ4v) is 10.8. The van der Waals surface area contributed by atoms with Crippen molar-refractivity contribution >= 4 is 17.9 Å². The van der Waals surface area contributed by atoms with Crippen LogP contribution in [-0.4, -0.2) is 52.9 Å². The zero-order chi connectivity index (χ0) is 50.7. The molecule has 9 nitrogen and oxygen atoms in total. The van der Waals surface area contributed by atoms with Crippen LogP contribution in [0.2, 0.25) is 0 Å². The van der Waals surface area contributed by atoms with Gasteiger partial charge in [0.05, 0.1) is 16.7 Å². The highest BCUT2D eigenvalue weighted by Crippen LogP contribution is 2.34. The quantitative estimate of drug-likeness (QED) is 0.0372. The first-order valence-electron chi connectivity index (χ1n) is 29.3. The van der Waals surface area contributed by atoms with Crippen LogP contribution in [0.1, 0.15) is 302 Å². The maximum atomic E-state index is 10.6. The smallest absolute Gasteiger partial charge is 0.335 e. The van der Waals surface area contributed by atoms with E-state index in [1.54, 1.807) is 0 Å². The third kappa shape index (κ3) is 37.0. The molecule has 0 heterocycles. The molecule has 3 aliphatic rings. The molecule has 0 amide bonds. The average Bonchev–Trinajstić information content (AvgIpc) is 3.34. The van der Waals surface area contributed by atoms with E-state index in [0.717, 1.165) is 73.3 Å². The second kappa shape index (κ2) is 44.2. The molecule has 0 aromatic heterocycles. The fraction of sp³-hybridized carbons (Fsp3) is 0.850. The molecule has 0 unspecified atom stereocenters. The molecule has 0 bridgehead atoms. The standard InChI is InChI=1S/3C17H35N.C9H6O6/c3*1-16-11-13-17(14-12-16)10-8-6-4-2-3-5-7-9-15-18;10-7(11)4-1-5(8(12)13)3-6(2-4)9(14)15/h3*16-17H,2-15,18H2,1H3;1-3H,(H,10,11)(H,12,13)(H,14,15). The molecule has 0 atom stereocenters. The molecule has 0 aliphatic heterocycles. The number of carboxylic acid groups (broad SMARTS) is 3. The van der Waals surface area contributed by atoms with E-state index in [2.05, 4.69) is 20.8 Å². The summed E-state index contributed by atoms with van der Waals surface area (Å²) >= 11 is 0. The Morgan fingerprint density at radius 1 is 0.333 bits per heavy atom. The topological polar surface area (TPSA) is 190 Å². The summed E-state index contributed by atoms with van der Waals surface area (Å²) in [6, 6.07) is 2.70. The van der Waals surface area contributed by atoms with Gasteiger partial charge in [-0.05, 0) is 92.6 Å². The van der Waals surface area contributed by atoms with Gasteiger partial charge in [0, 0.05) is 0 Å². The van der Waals surface area contributed by atoms with Crippen molar-refractivity contribution in [2.75, 3.05) is 19.6 Å². The molecule has 3 fully saturated rings. The minimum Gasteiger partial charge on any atom is -0.478 e. The van der Waals surface area contributed by atoms with E-state index >= 15 is 0 Å². The van der Waals surface area contributed by atoms with Gasteiger partial charge in [0.15, 0.2) is 0 Å². The van der Waals surface area contributed by atoms with Crippen LogP contribution in [0.15, 0.2) is 18.2 Å². The fourth-order valence-electron chi connectivity index (χ4n) is 10.8. The van der Waals surface area contributed by atoms with Gasteiger partial charge in [-0.25, -0.2) is 14.4 Å². The molecule has 9 N–H and O–H groups in total. The summed E-state index contributed by atoms with van der Waals surface area (Å²) in [4.78, 5) is 31.7. The van der Waals surface area contributed by atoms with Crippen LogP contribution in [-0.2, 0) is 0 Å². The van der Waals surface area contributed by atoms with Crippen molar-refractivity contribution < 1.29 is 29.7 Å². The van der Waals surface area contributed by atoms with Crippen LogP contribution in [0.3, 0.4) is 0 Å². The first-order chi connectivity index (χ1) is 33.4. The van der Waals surface area contributed by atoms with Crippen molar-refractivity contribution in [3.63, 3.8) is 0 Å². The van der Waals surface area contributed by atoms with Crippen molar-refractivity contribution in [2.24, 2.45) is 52.7 Å². The zero-order valence-electron chi connectivity index (χ0n) is 45.2. The molecule has 3 aliphatic carbocycles. The lowest BCUT2D eigenvalue weighted by molar-refractivity contribution is 0.0696. The van der Waals surface area contributed by atoms with Gasteiger partial charge in [0.1, 0.15) is 0 Å². The van der Waals surface area contributed by atoms with Crippen LogP contribution >= 0.6 is 0 Å². The predicted molar refractivity (Wildman–Crippen MR) is 293 cm³/mol. The first-order valence-corrected chi connectivity index (χ1v) is 29.3. The second-order valence-electron chi connectivity index (χ2n) is 22.3. The summed E-state index contributed by atoms with van der Waals surface area (Å²) < 4.78 is 0. The summed E-state index contributed by atoms with van der Waals surface area (Å²) in [5, 5.41) is 25.8. The second-order valence-corrected chi connectivity index (χ2v) is 22.3. The first kappa shape index (κ1) is 64.5. The molecular formula is C60H111N3O6. The number of carboxylic acids is 3. The third-order valence-electron chi connectivity index (χ3n) is 15.8. The number of hydrogen-bond acceptors (Lipinski definition) is 6. The molecule has 1 aromatic rings. The van der Waals surface area contributed by atoms with Gasteiger partial charge in [-0.1, -0.05) is 252 Å². The lowest BCUT2D eigenvalue weighted by Gasteiger charge is -2.26. The highest BCUT2D eigenvalue weighted by molar-refractivity contribution is 5.98. The molecule has 4 rings (SSSR count). The SMILES string of the molecule is CC1CCC(CCCCCCCCCCN)CC1.CC1CCC(CCCCCCCCCCN)CC1.CC1CCC(CCCCCCCCCCN)CC1.O=C(O)c1cc(C(=O)O)cc(C(=O)O)c1. The molecule has 0 spiro atoms. The van der Waals surface area contributed by atoms with Gasteiger partial charge in [0.25, 0.3) is 0 Å². The number of carbonyl (C=O) groups is 3. The van der Waals surface area contributed by atoms with E-state index in [1.807, 2.05) is 0 Å². The number of rotatable bonds is 33. The van der Waals surface area contributed by atoms with E-state index < -0.39 is 17.9 Å². The van der Waals surface area contributed by atoms with Crippen molar-refractivity contribution in [1.29, 1.82) is 0 Å². The van der Waals surface area contributed by atoms with Crippen LogP contribution in [0.5, 0.6) is 0 Å². The van der Waals surface area contributed by atoms with Gasteiger partial charge in [-0.3, -0.25) is 0 Å². The van der Waals surface area contributed by atoms with E-state index in [1.165, 1.54) is 250 Å². The van der Waals surface area contributed by atoms with Crippen LogP contribution in [0.25, 0.3) is 0 Å². The van der Waals surface area contributed by atoms with Crippen LogP contribution in [0.4, 0.5) is 0 Å². The molecular weight excluding hydrogens is 859 g/mol. The van der Waals surface area contributed by atoms with Crippen LogP contribution in [0, 0.1) is 35.5 Å². The Morgan fingerprint density at radius 3 is 0.681 bits per heavy atom. The Kier molecular flexibility index (Phi) is 41.4. The number of benzene rings is 1. The third-order valence-corrected chi connectivity index (χ3v) is 15.8. The van der Waals surface area contributed by atoms with Gasteiger partial charge in [-0.15, -0.1) is 0 Å². The van der Waals surface area contributed by atoms with Crippen molar-refractivity contribution in [3.05, 3.63) is 34.9 Å². The molecule has 69 heavy (non-hydrogen) atoms. The predicted octanol–water partition coefficient (Wildman–Crippen LogP) is 16.6. The molecule has 0 saturated heterocycles. The van der Waals surface area contributed by atoms with E-state index in [9.17, 15) is 14.4 Å². The Hall–Kier alpha value is -2.49. The highest BCUT2D eigenvalue weighted by atomic mass is 16.4. The maximum Gasteiger partial charge on any atom is 0.335 e. The van der Waals surface area contributed by atoms with Crippen molar-refractivity contribution in [3.8, 4) is 0 Å². The highest BCUT2D eigenvalue weighted by Gasteiger charge is 2.20. The Morgan fingerprint density at radius 2 is 0.507 bits per heavy atom. The number of unbranched alkanes of at least 4 members (excludes halogenated alkanes) is 21. The van der Waals surface area contributed by atoms with Gasteiger partial charge < -0.3 is 32.5 Å². The summed E-state index contributed by atoms with van der Waals surface area (Å²) in [7, 11) is 0. The van der Waals surface area contributed by atoms with Gasteiger partial charge >= 0.3 is 17.9 Å². The van der Waals surface area contributed by atoms with Crippen LogP contribution < -0.4 is 17.2 Å².